The van der Waals surface area contributed by atoms with Gasteiger partial charge in [0, 0.05) is 29.0 Å². The molecule has 3 N–H and O–H groups in total. The van der Waals surface area contributed by atoms with E-state index < -0.39 is 0 Å². The summed E-state index contributed by atoms with van der Waals surface area (Å²) in [5, 5.41) is 9.26. The molecule has 0 aliphatic carbocycles. The lowest BCUT2D eigenvalue weighted by Gasteiger charge is -2.11. The van der Waals surface area contributed by atoms with Crippen LogP contribution in [0.3, 0.4) is 0 Å². The number of para-hydroxylation sites is 1. The first-order chi connectivity index (χ1) is 13.7. The lowest BCUT2D eigenvalue weighted by Crippen LogP contribution is -2.17. The molecule has 2 aromatic carbocycles. The summed E-state index contributed by atoms with van der Waals surface area (Å²) in [6.07, 6.45) is 3.44. The Morgan fingerprint density at radius 1 is 0.929 bits per heavy atom. The second-order valence-electron chi connectivity index (χ2n) is 5.98. The van der Waals surface area contributed by atoms with E-state index in [0.29, 0.717) is 22.5 Å². The first-order valence-electron chi connectivity index (χ1n) is 8.54. The molecule has 4 rings (SSSR count). The fraction of sp³-hybridized carbons (Fsp3) is 0. The maximum atomic E-state index is 12.7. The van der Waals surface area contributed by atoms with Crippen LogP contribution in [0.2, 0.25) is 0 Å². The molecule has 0 saturated heterocycles. The summed E-state index contributed by atoms with van der Waals surface area (Å²) >= 11 is 1.44. The number of benzene rings is 2. The summed E-state index contributed by atoms with van der Waals surface area (Å²) in [5.41, 5.74) is 2.99. The molecule has 0 radical (unpaired) electrons. The van der Waals surface area contributed by atoms with Gasteiger partial charge in [0.05, 0.1) is 16.8 Å². The van der Waals surface area contributed by atoms with Gasteiger partial charge in [-0.15, -0.1) is 0 Å². The molecule has 138 valence electrons. The van der Waals surface area contributed by atoms with Gasteiger partial charge in [-0.2, -0.15) is 11.3 Å². The normalized spacial score (nSPS) is 10.4. The van der Waals surface area contributed by atoms with Crippen molar-refractivity contribution < 1.29 is 9.59 Å². The predicted octanol–water partition coefficient (Wildman–Crippen LogP) is 4.64. The Morgan fingerprint density at radius 2 is 1.75 bits per heavy atom. The number of amides is 2. The summed E-state index contributed by atoms with van der Waals surface area (Å²) in [7, 11) is 0. The topological polar surface area (TPSA) is 86.9 Å². The van der Waals surface area contributed by atoms with Gasteiger partial charge >= 0.3 is 0 Å². The van der Waals surface area contributed by atoms with Crippen LogP contribution in [0.25, 0.3) is 11.4 Å². The zero-order valence-electron chi connectivity index (χ0n) is 14.7. The van der Waals surface area contributed by atoms with E-state index >= 15 is 0 Å². The Kier molecular flexibility index (Phi) is 4.99. The van der Waals surface area contributed by atoms with Gasteiger partial charge in [-0.3, -0.25) is 9.59 Å². The molecular formula is C21H16N4O2S. The van der Waals surface area contributed by atoms with Gasteiger partial charge in [-0.05, 0) is 47.8 Å². The van der Waals surface area contributed by atoms with Gasteiger partial charge in [0.25, 0.3) is 11.8 Å². The molecule has 4 aromatic rings. The number of aromatic nitrogens is 2. The zero-order chi connectivity index (χ0) is 19.3. The number of nitrogens with zero attached hydrogens (tertiary/aromatic N) is 1. The number of aromatic amines is 1. The Balaban J connectivity index is 1.50. The molecule has 0 aliphatic heterocycles. The van der Waals surface area contributed by atoms with Crippen LogP contribution >= 0.6 is 11.3 Å². The smallest absolute Gasteiger partial charge is 0.257 e. The molecule has 0 saturated carbocycles. The lowest BCUT2D eigenvalue weighted by atomic mass is 10.1. The fourth-order valence-electron chi connectivity index (χ4n) is 2.71. The summed E-state index contributed by atoms with van der Waals surface area (Å²) in [6, 6.07) is 16.0. The van der Waals surface area contributed by atoms with Gasteiger partial charge in [-0.1, -0.05) is 12.1 Å². The van der Waals surface area contributed by atoms with Crippen molar-refractivity contribution >= 4 is 34.5 Å². The summed E-state index contributed by atoms with van der Waals surface area (Å²) in [4.78, 5) is 32.3. The van der Waals surface area contributed by atoms with E-state index in [1.54, 1.807) is 48.1 Å². The van der Waals surface area contributed by atoms with Crippen LogP contribution in [-0.2, 0) is 0 Å². The molecule has 0 bridgehead atoms. The third kappa shape index (κ3) is 3.84. The monoisotopic (exact) mass is 388 g/mol. The molecule has 0 fully saturated rings. The van der Waals surface area contributed by atoms with Crippen molar-refractivity contribution in [2.24, 2.45) is 0 Å². The number of hydrogen-bond acceptors (Lipinski definition) is 4. The van der Waals surface area contributed by atoms with Crippen molar-refractivity contribution in [2.75, 3.05) is 10.6 Å². The van der Waals surface area contributed by atoms with Gasteiger partial charge in [0.1, 0.15) is 5.82 Å². The third-order valence-corrected chi connectivity index (χ3v) is 4.80. The molecule has 2 heterocycles. The second-order valence-corrected chi connectivity index (χ2v) is 6.76. The van der Waals surface area contributed by atoms with E-state index in [2.05, 4.69) is 20.6 Å². The molecule has 0 spiro atoms. The molecule has 0 atom stereocenters. The number of hydrogen-bond donors (Lipinski definition) is 3. The van der Waals surface area contributed by atoms with Gasteiger partial charge in [-0.25, -0.2) is 4.98 Å². The minimum Gasteiger partial charge on any atom is -0.345 e. The molecule has 2 aromatic heterocycles. The summed E-state index contributed by atoms with van der Waals surface area (Å²) in [5.74, 6) is 0.218. The van der Waals surface area contributed by atoms with Gasteiger partial charge in [0.2, 0.25) is 0 Å². The first-order valence-corrected chi connectivity index (χ1v) is 9.49. The van der Waals surface area contributed by atoms with Crippen LogP contribution in [-0.4, -0.2) is 21.8 Å². The number of carbonyl (C=O) groups excluding carboxylic acids is 2. The molecule has 0 aliphatic rings. The minimum absolute atomic E-state index is 0.246. The van der Waals surface area contributed by atoms with Crippen LogP contribution in [0.5, 0.6) is 0 Å². The number of H-pyrrole nitrogens is 1. The molecule has 2 amide bonds. The van der Waals surface area contributed by atoms with Crippen molar-refractivity contribution in [3.63, 3.8) is 0 Å². The van der Waals surface area contributed by atoms with Crippen LogP contribution < -0.4 is 10.6 Å². The first kappa shape index (κ1) is 17.7. The highest BCUT2D eigenvalue weighted by Gasteiger charge is 2.14. The Hall–Kier alpha value is -3.71. The lowest BCUT2D eigenvalue weighted by molar-refractivity contribution is 0.102. The summed E-state index contributed by atoms with van der Waals surface area (Å²) < 4.78 is 0. The van der Waals surface area contributed by atoms with Crippen molar-refractivity contribution in [1.29, 1.82) is 0 Å². The van der Waals surface area contributed by atoms with Crippen molar-refractivity contribution in [3.8, 4) is 11.4 Å². The van der Waals surface area contributed by atoms with Crippen LogP contribution in [0, 0.1) is 0 Å². The SMILES string of the molecule is O=C(Nc1ccccc1C(=O)Nc1ccc(-c2ncc[nH]2)cc1)c1ccsc1. The van der Waals surface area contributed by atoms with Crippen LogP contribution in [0.15, 0.2) is 77.8 Å². The number of rotatable bonds is 5. The molecular weight excluding hydrogens is 372 g/mol. The van der Waals surface area contributed by atoms with Gasteiger partial charge < -0.3 is 15.6 Å². The van der Waals surface area contributed by atoms with E-state index in [1.807, 2.05) is 29.6 Å². The quantitative estimate of drug-likeness (QED) is 0.465. The van der Waals surface area contributed by atoms with Crippen molar-refractivity contribution in [1.82, 2.24) is 9.97 Å². The third-order valence-electron chi connectivity index (χ3n) is 4.12. The largest absolute Gasteiger partial charge is 0.345 e. The minimum atomic E-state index is -0.299. The molecule has 7 heteroatoms. The zero-order valence-corrected chi connectivity index (χ0v) is 15.5. The number of thiophene rings is 1. The predicted molar refractivity (Wildman–Crippen MR) is 111 cm³/mol. The van der Waals surface area contributed by atoms with E-state index in [0.717, 1.165) is 11.4 Å². The standard InChI is InChI=1S/C21H16N4O2S/c26-20(15-9-12-28-13-15)25-18-4-2-1-3-17(18)21(27)24-16-7-5-14(6-8-16)19-22-10-11-23-19/h1-13H,(H,22,23)(H,24,27)(H,25,26). The van der Waals surface area contributed by atoms with E-state index in [1.165, 1.54) is 11.3 Å². The average Bonchev–Trinajstić information content (AvgIpc) is 3.43. The Morgan fingerprint density at radius 3 is 2.46 bits per heavy atom. The van der Waals surface area contributed by atoms with E-state index in [-0.39, 0.29) is 11.8 Å². The number of anilines is 2. The molecule has 0 unspecified atom stereocenters. The van der Waals surface area contributed by atoms with Crippen LogP contribution in [0.4, 0.5) is 11.4 Å². The van der Waals surface area contributed by atoms with Gasteiger partial charge in [0.15, 0.2) is 0 Å². The average molecular weight is 388 g/mol. The number of carbonyl (C=O) groups is 2. The van der Waals surface area contributed by atoms with E-state index in [4.69, 9.17) is 0 Å². The highest BCUT2D eigenvalue weighted by atomic mass is 32.1. The number of imidazole rings is 1. The maximum absolute atomic E-state index is 12.7. The van der Waals surface area contributed by atoms with Crippen LogP contribution in [0.1, 0.15) is 20.7 Å². The fourth-order valence-corrected chi connectivity index (χ4v) is 3.35. The second kappa shape index (κ2) is 7.89. The summed E-state index contributed by atoms with van der Waals surface area (Å²) in [6.45, 7) is 0. The van der Waals surface area contributed by atoms with E-state index in [9.17, 15) is 9.59 Å². The van der Waals surface area contributed by atoms with Crippen molar-refractivity contribution in [2.45, 2.75) is 0 Å². The Labute approximate surface area is 165 Å². The number of nitrogens with one attached hydrogen (secondary N) is 3. The highest BCUT2D eigenvalue weighted by Crippen LogP contribution is 2.21. The van der Waals surface area contributed by atoms with Crippen molar-refractivity contribution in [3.05, 3.63) is 88.9 Å². The maximum Gasteiger partial charge on any atom is 0.257 e. The molecule has 28 heavy (non-hydrogen) atoms. The highest BCUT2D eigenvalue weighted by molar-refractivity contribution is 7.08. The Bertz CT molecular complexity index is 1090. The molecule has 6 nitrogen and oxygen atoms in total.